The molecule has 2 N–H and O–H groups in total. The fraction of sp³-hybridized carbons (Fsp3) is 0.500. The van der Waals surface area contributed by atoms with Crippen molar-refractivity contribution in [2.24, 2.45) is 5.92 Å². The van der Waals surface area contributed by atoms with Crippen LogP contribution in [0.2, 0.25) is 10.0 Å². The van der Waals surface area contributed by atoms with Crippen molar-refractivity contribution >= 4 is 34.6 Å². The Morgan fingerprint density at radius 1 is 1.41 bits per heavy atom. The van der Waals surface area contributed by atoms with Crippen molar-refractivity contribution < 1.29 is 4.74 Å². The molecule has 1 atom stereocenters. The Labute approximate surface area is 111 Å². The van der Waals surface area contributed by atoms with Gasteiger partial charge in [-0.3, -0.25) is 0 Å². The summed E-state index contributed by atoms with van der Waals surface area (Å²) in [5, 5.41) is 1.24. The van der Waals surface area contributed by atoms with Crippen LogP contribution >= 0.6 is 23.2 Å². The molecule has 1 saturated heterocycles. The smallest absolute Gasteiger partial charge is 0.0746 e. The number of hydrogen-bond acceptors (Lipinski definition) is 3. The lowest BCUT2D eigenvalue weighted by Crippen LogP contribution is -2.21. The third-order valence-electron chi connectivity index (χ3n) is 3.04. The molecule has 94 valence electrons. The van der Waals surface area contributed by atoms with E-state index >= 15 is 0 Å². The number of anilines is 2. The van der Waals surface area contributed by atoms with Gasteiger partial charge < -0.3 is 15.4 Å². The molecule has 1 aliphatic rings. The maximum Gasteiger partial charge on any atom is 0.0746 e. The zero-order valence-electron chi connectivity index (χ0n) is 9.75. The summed E-state index contributed by atoms with van der Waals surface area (Å²) >= 11 is 12.4. The monoisotopic (exact) mass is 274 g/mol. The molecule has 0 aliphatic carbocycles. The lowest BCUT2D eigenvalue weighted by Gasteiger charge is -2.21. The topological polar surface area (TPSA) is 38.5 Å². The predicted molar refractivity (Wildman–Crippen MR) is 73.1 cm³/mol. The van der Waals surface area contributed by atoms with Gasteiger partial charge in [-0.15, -0.1) is 0 Å². The van der Waals surface area contributed by atoms with Gasteiger partial charge in [0.05, 0.1) is 22.3 Å². The lowest BCUT2D eigenvalue weighted by molar-refractivity contribution is 0.161. The first-order valence-electron chi connectivity index (χ1n) is 5.60. The Hall–Kier alpha value is -0.640. The molecule has 1 aromatic rings. The van der Waals surface area contributed by atoms with Crippen molar-refractivity contribution in [3.63, 3.8) is 0 Å². The van der Waals surface area contributed by atoms with Crippen LogP contribution in [0, 0.1) is 5.92 Å². The molecule has 0 bridgehead atoms. The van der Waals surface area contributed by atoms with Crippen LogP contribution in [0.4, 0.5) is 11.4 Å². The first kappa shape index (κ1) is 12.8. The quantitative estimate of drug-likeness (QED) is 0.862. The van der Waals surface area contributed by atoms with Gasteiger partial charge in [-0.25, -0.2) is 0 Å². The minimum absolute atomic E-state index is 0.546. The van der Waals surface area contributed by atoms with E-state index in [-0.39, 0.29) is 0 Å². The van der Waals surface area contributed by atoms with E-state index < -0.39 is 0 Å². The van der Waals surface area contributed by atoms with Crippen molar-refractivity contribution in [3.05, 3.63) is 22.2 Å². The van der Waals surface area contributed by atoms with E-state index in [0.717, 1.165) is 31.8 Å². The number of halogens is 2. The molecule has 1 unspecified atom stereocenters. The molecule has 1 fully saturated rings. The van der Waals surface area contributed by atoms with Gasteiger partial charge in [0.1, 0.15) is 0 Å². The molecule has 17 heavy (non-hydrogen) atoms. The maximum absolute atomic E-state index is 6.20. The van der Waals surface area contributed by atoms with Gasteiger partial charge in [0.2, 0.25) is 0 Å². The van der Waals surface area contributed by atoms with E-state index in [4.69, 9.17) is 33.7 Å². The Bertz CT molecular complexity index is 388. The summed E-state index contributed by atoms with van der Waals surface area (Å²) < 4.78 is 5.18. The minimum Gasteiger partial charge on any atom is -0.399 e. The van der Waals surface area contributed by atoms with Crippen molar-refractivity contribution in [2.45, 2.75) is 6.42 Å². The van der Waals surface area contributed by atoms with Gasteiger partial charge in [0, 0.05) is 31.8 Å². The number of methoxy groups -OCH3 is 1. The van der Waals surface area contributed by atoms with Gasteiger partial charge in [-0.05, 0) is 18.6 Å². The minimum atomic E-state index is 0.546. The molecule has 3 nitrogen and oxygen atoms in total. The van der Waals surface area contributed by atoms with Gasteiger partial charge >= 0.3 is 0 Å². The van der Waals surface area contributed by atoms with Crippen molar-refractivity contribution in [1.82, 2.24) is 0 Å². The highest BCUT2D eigenvalue weighted by Gasteiger charge is 2.25. The van der Waals surface area contributed by atoms with Crippen LogP contribution in [0.3, 0.4) is 0 Å². The predicted octanol–water partition coefficient (Wildman–Crippen LogP) is 3.05. The highest BCUT2D eigenvalue weighted by atomic mass is 35.5. The molecule has 2 rings (SSSR count). The first-order chi connectivity index (χ1) is 8.11. The standard InChI is InChI=1S/C12H16Cl2N2O/c1-17-7-8-2-3-16(6-8)12-10(13)4-9(15)5-11(12)14/h4-5,8H,2-3,6-7,15H2,1H3. The Morgan fingerprint density at radius 2 is 2.06 bits per heavy atom. The van der Waals surface area contributed by atoms with E-state index in [2.05, 4.69) is 4.90 Å². The molecule has 1 heterocycles. The number of nitrogens with zero attached hydrogens (tertiary/aromatic N) is 1. The molecule has 0 spiro atoms. The molecule has 1 aromatic carbocycles. The van der Waals surface area contributed by atoms with E-state index in [0.29, 0.717) is 21.7 Å². The summed E-state index contributed by atoms with van der Waals surface area (Å²) in [7, 11) is 1.73. The highest BCUT2D eigenvalue weighted by Crippen LogP contribution is 2.38. The van der Waals surface area contributed by atoms with Crippen molar-refractivity contribution in [3.8, 4) is 0 Å². The summed E-state index contributed by atoms with van der Waals surface area (Å²) in [4.78, 5) is 2.20. The summed E-state index contributed by atoms with van der Waals surface area (Å²) in [5.74, 6) is 0.546. The largest absolute Gasteiger partial charge is 0.399 e. The third-order valence-corrected chi connectivity index (χ3v) is 3.62. The molecule has 0 saturated carbocycles. The molecular weight excluding hydrogens is 259 g/mol. The van der Waals surface area contributed by atoms with Gasteiger partial charge in [-0.2, -0.15) is 0 Å². The van der Waals surface area contributed by atoms with Gasteiger partial charge in [-0.1, -0.05) is 23.2 Å². The average molecular weight is 275 g/mol. The molecular formula is C12H16Cl2N2O. The summed E-state index contributed by atoms with van der Waals surface area (Å²) in [5.41, 5.74) is 7.18. The number of rotatable bonds is 3. The zero-order valence-corrected chi connectivity index (χ0v) is 11.3. The second kappa shape index (κ2) is 5.34. The molecule has 0 aromatic heterocycles. The molecule has 5 heteroatoms. The second-order valence-corrected chi connectivity index (χ2v) is 5.20. The van der Waals surface area contributed by atoms with Crippen LogP contribution in [0.5, 0.6) is 0 Å². The Morgan fingerprint density at radius 3 is 2.65 bits per heavy atom. The number of nitrogen functional groups attached to an aromatic ring is 1. The molecule has 0 amide bonds. The third kappa shape index (κ3) is 2.79. The Kier molecular flexibility index (Phi) is 4.02. The van der Waals surface area contributed by atoms with Crippen molar-refractivity contribution in [2.75, 3.05) is 37.4 Å². The van der Waals surface area contributed by atoms with Crippen LogP contribution in [0.25, 0.3) is 0 Å². The fourth-order valence-electron chi connectivity index (χ4n) is 2.29. The first-order valence-corrected chi connectivity index (χ1v) is 6.35. The SMILES string of the molecule is COCC1CCN(c2c(Cl)cc(N)cc2Cl)C1. The van der Waals surface area contributed by atoms with E-state index in [1.54, 1.807) is 19.2 Å². The maximum atomic E-state index is 6.20. The number of ether oxygens (including phenoxy) is 1. The molecule has 0 radical (unpaired) electrons. The van der Waals surface area contributed by atoms with Crippen LogP contribution in [-0.4, -0.2) is 26.8 Å². The summed E-state index contributed by atoms with van der Waals surface area (Å²) in [6.45, 7) is 2.66. The van der Waals surface area contributed by atoms with E-state index in [9.17, 15) is 0 Å². The van der Waals surface area contributed by atoms with Gasteiger partial charge in [0.25, 0.3) is 0 Å². The number of nitrogens with two attached hydrogens (primary N) is 1. The summed E-state index contributed by atoms with van der Waals surface area (Å²) in [6, 6.07) is 3.48. The van der Waals surface area contributed by atoms with Gasteiger partial charge in [0.15, 0.2) is 0 Å². The number of hydrogen-bond donors (Lipinski definition) is 1. The normalized spacial score (nSPS) is 19.9. The lowest BCUT2D eigenvalue weighted by atomic mass is 10.1. The van der Waals surface area contributed by atoms with E-state index in [1.165, 1.54) is 0 Å². The zero-order chi connectivity index (χ0) is 12.4. The average Bonchev–Trinajstić information content (AvgIpc) is 2.65. The summed E-state index contributed by atoms with van der Waals surface area (Å²) in [6.07, 6.45) is 1.10. The van der Waals surface area contributed by atoms with E-state index in [1.807, 2.05) is 0 Å². The second-order valence-electron chi connectivity index (χ2n) is 4.39. The highest BCUT2D eigenvalue weighted by molar-refractivity contribution is 6.39. The van der Waals surface area contributed by atoms with Crippen molar-refractivity contribution in [1.29, 1.82) is 0 Å². The Balaban J connectivity index is 2.19. The molecule has 1 aliphatic heterocycles. The number of benzene rings is 1. The fourth-order valence-corrected chi connectivity index (χ4v) is 3.04. The van der Waals surface area contributed by atoms with Crippen LogP contribution in [-0.2, 0) is 4.74 Å². The van der Waals surface area contributed by atoms with Crippen LogP contribution in [0.1, 0.15) is 6.42 Å². The van der Waals surface area contributed by atoms with Crippen LogP contribution < -0.4 is 10.6 Å². The van der Waals surface area contributed by atoms with Crippen LogP contribution in [0.15, 0.2) is 12.1 Å².